The number of nitrogen functional groups attached to an aromatic ring is 1. The molecule has 0 unspecified atom stereocenters. The Morgan fingerprint density at radius 1 is 1.18 bits per heavy atom. The number of nitrogens with two attached hydrogens (primary N) is 1. The zero-order valence-electron chi connectivity index (χ0n) is 17.9. The number of pyridine rings is 1. The number of hydrogen-bond donors (Lipinski definition) is 3. The van der Waals surface area contributed by atoms with Gasteiger partial charge in [-0.05, 0) is 30.5 Å². The van der Waals surface area contributed by atoms with Crippen LogP contribution in [0.1, 0.15) is 24.6 Å². The first-order valence-electron chi connectivity index (χ1n) is 10.1. The number of aromatic amines is 1. The molecule has 0 aliphatic carbocycles. The van der Waals surface area contributed by atoms with E-state index >= 15 is 0 Å². The van der Waals surface area contributed by atoms with Crippen molar-refractivity contribution >= 4 is 22.4 Å². The van der Waals surface area contributed by atoms with Gasteiger partial charge in [0.15, 0.2) is 5.82 Å². The minimum absolute atomic E-state index is 0.00672. The Kier molecular flexibility index (Phi) is 5.00. The number of H-pyrrole nitrogens is 1. The lowest BCUT2D eigenvalue weighted by Gasteiger charge is -2.21. The summed E-state index contributed by atoms with van der Waals surface area (Å²) in [6.45, 7) is 3.39. The number of nitrogens with zero attached hydrogens (tertiary/aromatic N) is 6. The number of anilines is 2. The van der Waals surface area contributed by atoms with E-state index in [-0.39, 0.29) is 34.3 Å². The van der Waals surface area contributed by atoms with E-state index in [0.717, 1.165) is 12.1 Å². The van der Waals surface area contributed by atoms with E-state index in [4.69, 9.17) is 10.2 Å². The predicted octanol–water partition coefficient (Wildman–Crippen LogP) is 2.90. The first kappa shape index (κ1) is 21.2. The summed E-state index contributed by atoms with van der Waals surface area (Å²) < 4.78 is 34.3. The molecule has 0 aliphatic heterocycles. The van der Waals surface area contributed by atoms with Gasteiger partial charge in [-0.1, -0.05) is 6.07 Å². The van der Waals surface area contributed by atoms with Crippen molar-refractivity contribution in [2.45, 2.75) is 19.9 Å². The largest absolute Gasteiger partial charge is 0.421 e. The molecule has 5 aromatic rings. The summed E-state index contributed by atoms with van der Waals surface area (Å²) >= 11 is 0. The van der Waals surface area contributed by atoms with Crippen LogP contribution in [0.3, 0.4) is 0 Å². The third-order valence-electron chi connectivity index (χ3n) is 5.19. The second-order valence-electron chi connectivity index (χ2n) is 7.49. The highest BCUT2D eigenvalue weighted by molar-refractivity contribution is 5.83. The number of nitrogens with one attached hydrogen (secondary N) is 2. The number of fused-ring (bicyclic) bond motifs is 1. The highest BCUT2D eigenvalue weighted by Gasteiger charge is 2.23. The van der Waals surface area contributed by atoms with Crippen LogP contribution in [0.15, 0.2) is 45.9 Å². The molecule has 0 saturated heterocycles. The number of aromatic nitrogens is 7. The van der Waals surface area contributed by atoms with Crippen molar-refractivity contribution in [3.8, 4) is 17.3 Å². The standard InChI is InChI=1S/C21H17F2N9O2/c1-9(27-19-17(18(24)25-8-26-19)20-31-28-10(2)34-20)14-5-11-3-4-12(22)6-13(11)21(33)32(14)16-7-15(23)29-30-16/h3-9H,1-2H3,(H,29,30)(H3,24,25,26,27)/t9-/m0/s1. The van der Waals surface area contributed by atoms with E-state index in [0.29, 0.717) is 17.0 Å². The topological polar surface area (TPSA) is 153 Å². The van der Waals surface area contributed by atoms with E-state index in [9.17, 15) is 13.6 Å². The van der Waals surface area contributed by atoms with Crippen LogP contribution in [0, 0.1) is 18.7 Å². The third kappa shape index (κ3) is 3.62. The molecule has 0 fully saturated rings. The van der Waals surface area contributed by atoms with Gasteiger partial charge in [-0.2, -0.15) is 9.49 Å². The summed E-state index contributed by atoms with van der Waals surface area (Å²) in [5, 5.41) is 17.6. The van der Waals surface area contributed by atoms with Crippen molar-refractivity contribution in [1.29, 1.82) is 0 Å². The Labute approximate surface area is 189 Å². The molecule has 11 nitrogen and oxygen atoms in total. The van der Waals surface area contributed by atoms with Crippen molar-refractivity contribution in [1.82, 2.24) is 34.9 Å². The highest BCUT2D eigenvalue weighted by Crippen LogP contribution is 2.32. The quantitative estimate of drug-likeness (QED) is 0.355. The molecule has 4 N–H and O–H groups in total. The van der Waals surface area contributed by atoms with Gasteiger partial charge < -0.3 is 15.5 Å². The summed E-state index contributed by atoms with van der Waals surface area (Å²) in [6.07, 6.45) is 1.26. The molecular formula is C21H17F2N9O2. The van der Waals surface area contributed by atoms with E-state index in [1.807, 2.05) is 0 Å². The zero-order chi connectivity index (χ0) is 24.0. The van der Waals surface area contributed by atoms with Crippen molar-refractivity contribution in [3.05, 3.63) is 70.4 Å². The van der Waals surface area contributed by atoms with Crippen molar-refractivity contribution in [2.75, 3.05) is 11.1 Å². The fraction of sp³-hybridized carbons (Fsp3) is 0.143. The van der Waals surface area contributed by atoms with Crippen LogP contribution in [0.2, 0.25) is 0 Å². The molecule has 0 bridgehead atoms. The summed E-state index contributed by atoms with van der Waals surface area (Å²) in [7, 11) is 0. The van der Waals surface area contributed by atoms with Crippen LogP contribution in [0.25, 0.3) is 28.0 Å². The molecule has 4 heterocycles. The van der Waals surface area contributed by atoms with Gasteiger partial charge in [0.1, 0.15) is 29.3 Å². The van der Waals surface area contributed by atoms with E-state index < -0.39 is 23.4 Å². The molecule has 0 spiro atoms. The molecule has 5 rings (SSSR count). The monoisotopic (exact) mass is 465 g/mol. The van der Waals surface area contributed by atoms with Crippen LogP contribution >= 0.6 is 0 Å². The lowest BCUT2D eigenvalue weighted by atomic mass is 10.1. The molecule has 0 saturated carbocycles. The second-order valence-corrected chi connectivity index (χ2v) is 7.49. The average molecular weight is 465 g/mol. The Hall–Kier alpha value is -4.68. The maximum Gasteiger partial charge on any atom is 0.264 e. The van der Waals surface area contributed by atoms with E-state index in [1.54, 1.807) is 19.9 Å². The number of halogens is 2. The van der Waals surface area contributed by atoms with E-state index in [2.05, 4.69) is 35.7 Å². The molecule has 13 heteroatoms. The Balaban J connectivity index is 1.66. The Morgan fingerprint density at radius 3 is 2.71 bits per heavy atom. The van der Waals surface area contributed by atoms with Crippen LogP contribution in [-0.4, -0.2) is 34.9 Å². The van der Waals surface area contributed by atoms with Gasteiger partial charge in [-0.25, -0.2) is 14.4 Å². The zero-order valence-corrected chi connectivity index (χ0v) is 17.9. The van der Waals surface area contributed by atoms with Gasteiger partial charge in [0, 0.05) is 13.0 Å². The molecule has 0 amide bonds. The van der Waals surface area contributed by atoms with Crippen LogP contribution < -0.4 is 16.6 Å². The minimum Gasteiger partial charge on any atom is -0.421 e. The summed E-state index contributed by atoms with van der Waals surface area (Å²) in [5.74, 6) is -0.472. The normalized spacial score (nSPS) is 12.2. The number of benzene rings is 1. The molecule has 172 valence electrons. The minimum atomic E-state index is -0.731. The molecule has 0 radical (unpaired) electrons. The summed E-state index contributed by atoms with van der Waals surface area (Å²) in [5.41, 5.74) is 6.17. The summed E-state index contributed by atoms with van der Waals surface area (Å²) in [6, 6.07) is 6.02. The smallest absolute Gasteiger partial charge is 0.264 e. The molecule has 1 aromatic carbocycles. The van der Waals surface area contributed by atoms with Gasteiger partial charge in [0.25, 0.3) is 11.4 Å². The van der Waals surface area contributed by atoms with Gasteiger partial charge in [0.05, 0.1) is 17.1 Å². The molecule has 4 aromatic heterocycles. The number of hydrogen-bond acceptors (Lipinski definition) is 9. The second kappa shape index (κ2) is 8.03. The van der Waals surface area contributed by atoms with Crippen molar-refractivity contribution in [3.63, 3.8) is 0 Å². The number of rotatable bonds is 5. The molecule has 34 heavy (non-hydrogen) atoms. The SMILES string of the molecule is Cc1nnc(-c2c(N)ncnc2N[C@@H](C)c2cc3ccc(F)cc3c(=O)n2-c2cc(F)[nH]n2)o1. The van der Waals surface area contributed by atoms with Crippen molar-refractivity contribution in [2.24, 2.45) is 0 Å². The molecule has 0 aliphatic rings. The highest BCUT2D eigenvalue weighted by atomic mass is 19.1. The van der Waals surface area contributed by atoms with Gasteiger partial charge in [0.2, 0.25) is 11.8 Å². The molecular weight excluding hydrogens is 448 g/mol. The van der Waals surface area contributed by atoms with Crippen molar-refractivity contribution < 1.29 is 13.2 Å². The fourth-order valence-corrected chi connectivity index (χ4v) is 3.66. The fourth-order valence-electron chi connectivity index (χ4n) is 3.66. The molecule has 1 atom stereocenters. The van der Waals surface area contributed by atoms with Crippen LogP contribution in [-0.2, 0) is 0 Å². The average Bonchev–Trinajstić information content (AvgIpc) is 3.42. The predicted molar refractivity (Wildman–Crippen MR) is 118 cm³/mol. The summed E-state index contributed by atoms with van der Waals surface area (Å²) in [4.78, 5) is 21.6. The van der Waals surface area contributed by atoms with Gasteiger partial charge in [-0.3, -0.25) is 14.5 Å². The van der Waals surface area contributed by atoms with Crippen LogP contribution in [0.4, 0.5) is 20.4 Å². The number of aryl methyl sites for hydroxylation is 1. The first-order chi connectivity index (χ1) is 16.3. The van der Waals surface area contributed by atoms with Gasteiger partial charge in [-0.15, -0.1) is 10.2 Å². The van der Waals surface area contributed by atoms with E-state index in [1.165, 1.54) is 23.0 Å². The maximum absolute atomic E-state index is 13.9. The van der Waals surface area contributed by atoms with Crippen LogP contribution in [0.5, 0.6) is 0 Å². The van der Waals surface area contributed by atoms with Gasteiger partial charge >= 0.3 is 0 Å². The third-order valence-corrected chi connectivity index (χ3v) is 5.19. The maximum atomic E-state index is 13.9. The Bertz CT molecular complexity index is 1590. The first-order valence-corrected chi connectivity index (χ1v) is 10.1. The Morgan fingerprint density at radius 2 is 2.00 bits per heavy atom. The lowest BCUT2D eigenvalue weighted by molar-refractivity contribution is 0.532. The lowest BCUT2D eigenvalue weighted by Crippen LogP contribution is -2.26.